The van der Waals surface area contributed by atoms with Crippen LogP contribution in [0, 0.1) is 11.7 Å². The molecular formula is C14H22FN. The van der Waals surface area contributed by atoms with Gasteiger partial charge in [0.2, 0.25) is 0 Å². The van der Waals surface area contributed by atoms with Crippen LogP contribution in [-0.2, 0) is 0 Å². The quantitative estimate of drug-likeness (QED) is 0.804. The Balaban J connectivity index is 3.02. The van der Waals surface area contributed by atoms with Crippen molar-refractivity contribution in [2.24, 2.45) is 5.92 Å². The van der Waals surface area contributed by atoms with Gasteiger partial charge in [-0.1, -0.05) is 39.0 Å². The number of benzene rings is 1. The van der Waals surface area contributed by atoms with E-state index in [0.29, 0.717) is 12.0 Å². The first-order valence-electron chi connectivity index (χ1n) is 6.03. The molecule has 90 valence electrons. The van der Waals surface area contributed by atoms with Crippen LogP contribution in [0.25, 0.3) is 0 Å². The third kappa shape index (κ3) is 2.82. The normalized spacial score (nSPS) is 15.1. The molecule has 2 atom stereocenters. The first-order chi connectivity index (χ1) is 7.61. The van der Waals surface area contributed by atoms with E-state index in [1.165, 1.54) is 0 Å². The van der Waals surface area contributed by atoms with Gasteiger partial charge in [0.05, 0.1) is 0 Å². The lowest BCUT2D eigenvalue weighted by Crippen LogP contribution is -2.37. The zero-order valence-electron chi connectivity index (χ0n) is 10.6. The predicted molar refractivity (Wildman–Crippen MR) is 67.1 cm³/mol. The molecule has 2 unspecified atom stereocenters. The number of nitrogens with one attached hydrogen (secondary N) is 1. The Morgan fingerprint density at radius 1 is 1.25 bits per heavy atom. The minimum Gasteiger partial charge on any atom is -0.316 e. The topological polar surface area (TPSA) is 12.0 Å². The fraction of sp³-hybridized carbons (Fsp3) is 0.571. The van der Waals surface area contributed by atoms with Gasteiger partial charge < -0.3 is 5.32 Å². The van der Waals surface area contributed by atoms with Gasteiger partial charge in [0.15, 0.2) is 0 Å². The Labute approximate surface area is 98.1 Å². The van der Waals surface area contributed by atoms with E-state index in [1.807, 2.05) is 19.2 Å². The van der Waals surface area contributed by atoms with Gasteiger partial charge in [-0.15, -0.1) is 0 Å². The molecule has 1 rings (SSSR count). The highest BCUT2D eigenvalue weighted by atomic mass is 19.1. The molecule has 0 radical (unpaired) electrons. The van der Waals surface area contributed by atoms with Crippen LogP contribution >= 0.6 is 0 Å². The van der Waals surface area contributed by atoms with Gasteiger partial charge in [0, 0.05) is 12.0 Å². The fourth-order valence-electron chi connectivity index (χ4n) is 2.44. The summed E-state index contributed by atoms with van der Waals surface area (Å²) in [6, 6.07) is 7.42. The molecule has 0 fully saturated rings. The van der Waals surface area contributed by atoms with E-state index >= 15 is 0 Å². The van der Waals surface area contributed by atoms with Crippen LogP contribution in [0.2, 0.25) is 0 Å². The monoisotopic (exact) mass is 223 g/mol. The van der Waals surface area contributed by atoms with E-state index in [9.17, 15) is 4.39 Å². The van der Waals surface area contributed by atoms with E-state index in [4.69, 9.17) is 0 Å². The maximum absolute atomic E-state index is 13.8. The molecule has 0 spiro atoms. The molecule has 0 aliphatic rings. The van der Waals surface area contributed by atoms with Crippen LogP contribution in [0.15, 0.2) is 24.3 Å². The second-order valence-electron chi connectivity index (χ2n) is 4.59. The van der Waals surface area contributed by atoms with Crippen molar-refractivity contribution >= 4 is 0 Å². The zero-order chi connectivity index (χ0) is 12.1. The lowest BCUT2D eigenvalue weighted by Gasteiger charge is -2.29. The molecule has 1 nitrogen and oxygen atoms in total. The Bertz CT molecular complexity index is 322. The van der Waals surface area contributed by atoms with Gasteiger partial charge in [-0.25, -0.2) is 4.39 Å². The van der Waals surface area contributed by atoms with Crippen molar-refractivity contribution in [1.82, 2.24) is 5.32 Å². The summed E-state index contributed by atoms with van der Waals surface area (Å²) in [6.07, 6.45) is 0.949. The highest BCUT2D eigenvalue weighted by Crippen LogP contribution is 2.29. The van der Waals surface area contributed by atoms with Gasteiger partial charge in [0.25, 0.3) is 0 Å². The summed E-state index contributed by atoms with van der Waals surface area (Å²) in [5, 5.41) is 3.31. The second kappa shape index (κ2) is 6.00. The van der Waals surface area contributed by atoms with Gasteiger partial charge in [-0.05, 0) is 31.0 Å². The van der Waals surface area contributed by atoms with Crippen molar-refractivity contribution < 1.29 is 4.39 Å². The molecule has 0 aliphatic heterocycles. The lowest BCUT2D eigenvalue weighted by molar-refractivity contribution is 0.348. The van der Waals surface area contributed by atoms with Crippen LogP contribution < -0.4 is 5.32 Å². The Morgan fingerprint density at radius 3 is 2.31 bits per heavy atom. The summed E-state index contributed by atoms with van der Waals surface area (Å²) in [6.45, 7) is 6.46. The third-order valence-corrected chi connectivity index (χ3v) is 3.23. The molecule has 0 saturated heterocycles. The summed E-state index contributed by atoms with van der Waals surface area (Å²) in [5.74, 6) is 0.649. The molecule has 0 saturated carbocycles. The molecule has 0 bridgehead atoms. The van der Waals surface area contributed by atoms with Crippen molar-refractivity contribution in [3.05, 3.63) is 35.6 Å². The highest BCUT2D eigenvalue weighted by Gasteiger charge is 2.24. The number of hydrogen-bond donors (Lipinski definition) is 1. The lowest BCUT2D eigenvalue weighted by atomic mass is 9.83. The molecule has 1 aromatic carbocycles. The molecule has 0 heterocycles. The van der Waals surface area contributed by atoms with Gasteiger partial charge in [-0.2, -0.15) is 0 Å². The van der Waals surface area contributed by atoms with Crippen molar-refractivity contribution in [1.29, 1.82) is 0 Å². The molecule has 2 heteroatoms. The van der Waals surface area contributed by atoms with Crippen molar-refractivity contribution in [2.75, 3.05) is 7.05 Å². The van der Waals surface area contributed by atoms with Crippen LogP contribution in [-0.4, -0.2) is 13.1 Å². The highest BCUT2D eigenvalue weighted by molar-refractivity contribution is 5.23. The van der Waals surface area contributed by atoms with E-state index < -0.39 is 0 Å². The van der Waals surface area contributed by atoms with Crippen molar-refractivity contribution in [3.8, 4) is 0 Å². The fourth-order valence-corrected chi connectivity index (χ4v) is 2.44. The van der Waals surface area contributed by atoms with Crippen LogP contribution in [0.1, 0.15) is 38.7 Å². The molecule has 0 aliphatic carbocycles. The van der Waals surface area contributed by atoms with Gasteiger partial charge in [0.1, 0.15) is 5.82 Å². The van der Waals surface area contributed by atoms with Crippen LogP contribution in [0.4, 0.5) is 4.39 Å². The van der Waals surface area contributed by atoms with E-state index in [-0.39, 0.29) is 11.7 Å². The summed E-state index contributed by atoms with van der Waals surface area (Å²) < 4.78 is 13.8. The maximum Gasteiger partial charge on any atom is 0.126 e. The number of hydrogen-bond acceptors (Lipinski definition) is 1. The average molecular weight is 223 g/mol. The molecular weight excluding hydrogens is 201 g/mol. The molecule has 1 aromatic rings. The average Bonchev–Trinajstić information content (AvgIpc) is 2.26. The Morgan fingerprint density at radius 2 is 1.88 bits per heavy atom. The minimum absolute atomic E-state index is 0.0877. The first kappa shape index (κ1) is 13.2. The van der Waals surface area contributed by atoms with Crippen molar-refractivity contribution in [3.63, 3.8) is 0 Å². The SMILES string of the molecule is CCC(c1ccccc1F)C(NC)C(C)C. The predicted octanol–water partition coefficient (Wildman–Crippen LogP) is 3.56. The van der Waals surface area contributed by atoms with Crippen LogP contribution in [0.5, 0.6) is 0 Å². The molecule has 0 amide bonds. The summed E-state index contributed by atoms with van der Waals surface area (Å²) in [7, 11) is 1.95. The number of rotatable bonds is 5. The van der Waals surface area contributed by atoms with Gasteiger partial charge >= 0.3 is 0 Å². The van der Waals surface area contributed by atoms with Crippen LogP contribution in [0.3, 0.4) is 0 Å². The largest absolute Gasteiger partial charge is 0.316 e. The third-order valence-electron chi connectivity index (χ3n) is 3.23. The summed E-state index contributed by atoms with van der Waals surface area (Å²) >= 11 is 0. The summed E-state index contributed by atoms with van der Waals surface area (Å²) in [5.41, 5.74) is 0.832. The number of halogens is 1. The van der Waals surface area contributed by atoms with E-state index in [0.717, 1.165) is 12.0 Å². The smallest absolute Gasteiger partial charge is 0.126 e. The molecule has 0 aromatic heterocycles. The van der Waals surface area contributed by atoms with E-state index in [1.54, 1.807) is 12.1 Å². The summed E-state index contributed by atoms with van der Waals surface area (Å²) in [4.78, 5) is 0. The maximum atomic E-state index is 13.8. The standard InChI is InChI=1S/C14H22FN/c1-5-11(14(16-4)10(2)3)12-8-6-7-9-13(12)15/h6-11,14,16H,5H2,1-4H3. The Kier molecular flexibility index (Phi) is 4.94. The second-order valence-corrected chi connectivity index (χ2v) is 4.59. The molecule has 1 N–H and O–H groups in total. The van der Waals surface area contributed by atoms with Crippen molar-refractivity contribution in [2.45, 2.75) is 39.2 Å². The molecule has 16 heavy (non-hydrogen) atoms. The minimum atomic E-state index is -0.0877. The van der Waals surface area contributed by atoms with Gasteiger partial charge in [-0.3, -0.25) is 0 Å². The number of likely N-dealkylation sites (N-methyl/N-ethyl adjacent to an activating group) is 1. The zero-order valence-corrected chi connectivity index (χ0v) is 10.6. The van der Waals surface area contributed by atoms with E-state index in [2.05, 4.69) is 26.1 Å². The Hall–Kier alpha value is -0.890. The first-order valence-corrected chi connectivity index (χ1v) is 6.03.